The lowest BCUT2D eigenvalue weighted by Crippen LogP contribution is -2.47. The monoisotopic (exact) mass is 316 g/mol. The summed E-state index contributed by atoms with van der Waals surface area (Å²) in [6, 6.07) is 2.84. The summed E-state index contributed by atoms with van der Waals surface area (Å²) < 4.78 is 0. The van der Waals surface area contributed by atoms with Crippen molar-refractivity contribution in [3.8, 4) is 0 Å². The molecule has 1 aromatic rings. The lowest BCUT2D eigenvalue weighted by Gasteiger charge is -2.21. The van der Waals surface area contributed by atoms with Gasteiger partial charge < -0.3 is 15.3 Å². The molecule has 0 fully saturated rings. The zero-order valence-electron chi connectivity index (χ0n) is 11.7. The molecular formula is C13H20N2O3S2. The number of carboxylic acid groups (broad SMARTS) is 1. The van der Waals surface area contributed by atoms with E-state index in [0.29, 0.717) is 18.7 Å². The predicted molar refractivity (Wildman–Crippen MR) is 83.6 cm³/mol. The number of rotatable bonds is 8. The van der Waals surface area contributed by atoms with Crippen molar-refractivity contribution in [2.45, 2.75) is 18.9 Å². The molecule has 2 amide bonds. The molecule has 2 N–H and O–H groups in total. The van der Waals surface area contributed by atoms with Gasteiger partial charge in [-0.3, -0.25) is 0 Å². The first-order valence-electron chi connectivity index (χ1n) is 6.30. The molecule has 0 aliphatic rings. The highest BCUT2D eigenvalue weighted by Gasteiger charge is 2.21. The van der Waals surface area contributed by atoms with Gasteiger partial charge in [-0.25, -0.2) is 9.59 Å². The van der Waals surface area contributed by atoms with Gasteiger partial charge in [-0.2, -0.15) is 11.8 Å². The SMILES string of the molecule is CSCC[C@H](NC(=O)N(C)CCc1cccs1)C(=O)O. The summed E-state index contributed by atoms with van der Waals surface area (Å²) in [4.78, 5) is 25.7. The molecule has 0 saturated heterocycles. The van der Waals surface area contributed by atoms with E-state index in [1.54, 1.807) is 30.1 Å². The Bertz CT molecular complexity index is 423. The summed E-state index contributed by atoms with van der Waals surface area (Å²) >= 11 is 3.22. The van der Waals surface area contributed by atoms with Crippen LogP contribution in [-0.2, 0) is 11.2 Å². The highest BCUT2D eigenvalue weighted by atomic mass is 32.2. The molecule has 0 aliphatic carbocycles. The van der Waals surface area contributed by atoms with Crippen LogP contribution >= 0.6 is 23.1 Å². The molecule has 20 heavy (non-hydrogen) atoms. The Morgan fingerprint density at radius 2 is 2.30 bits per heavy atom. The second kappa shape index (κ2) is 8.86. The Morgan fingerprint density at radius 3 is 2.85 bits per heavy atom. The fourth-order valence-electron chi connectivity index (χ4n) is 1.59. The quantitative estimate of drug-likeness (QED) is 0.771. The summed E-state index contributed by atoms with van der Waals surface area (Å²) in [7, 11) is 1.68. The number of carboxylic acids is 1. The number of likely N-dealkylation sites (N-methyl/N-ethyl adjacent to an activating group) is 1. The average molecular weight is 316 g/mol. The number of carbonyl (C=O) groups excluding carboxylic acids is 1. The number of hydrogen-bond acceptors (Lipinski definition) is 4. The Labute approximate surface area is 127 Å². The van der Waals surface area contributed by atoms with Crippen molar-refractivity contribution in [3.05, 3.63) is 22.4 Å². The topological polar surface area (TPSA) is 69.6 Å². The Balaban J connectivity index is 2.40. The van der Waals surface area contributed by atoms with Crippen molar-refractivity contribution in [1.29, 1.82) is 0 Å². The second-order valence-electron chi connectivity index (χ2n) is 4.37. The van der Waals surface area contributed by atoms with E-state index in [4.69, 9.17) is 5.11 Å². The van der Waals surface area contributed by atoms with Crippen LogP contribution in [0.1, 0.15) is 11.3 Å². The molecule has 112 valence electrons. The summed E-state index contributed by atoms with van der Waals surface area (Å²) in [6.45, 7) is 0.571. The third-order valence-corrected chi connectivity index (χ3v) is 4.41. The number of thioether (sulfide) groups is 1. The van der Waals surface area contributed by atoms with Crippen LogP contribution in [0.5, 0.6) is 0 Å². The minimum atomic E-state index is -0.987. The lowest BCUT2D eigenvalue weighted by molar-refractivity contribution is -0.139. The van der Waals surface area contributed by atoms with Crippen molar-refractivity contribution in [2.24, 2.45) is 0 Å². The van der Waals surface area contributed by atoms with Crippen molar-refractivity contribution in [2.75, 3.05) is 25.6 Å². The molecule has 1 aromatic heterocycles. The van der Waals surface area contributed by atoms with Crippen LogP contribution in [0.3, 0.4) is 0 Å². The van der Waals surface area contributed by atoms with Crippen LogP contribution in [0.15, 0.2) is 17.5 Å². The van der Waals surface area contributed by atoms with Gasteiger partial charge in [0.1, 0.15) is 6.04 Å². The number of hydrogen-bond donors (Lipinski definition) is 2. The van der Waals surface area contributed by atoms with Crippen molar-refractivity contribution in [1.82, 2.24) is 10.2 Å². The van der Waals surface area contributed by atoms with E-state index in [9.17, 15) is 9.59 Å². The number of carbonyl (C=O) groups is 2. The van der Waals surface area contributed by atoms with E-state index in [-0.39, 0.29) is 6.03 Å². The molecule has 0 saturated carbocycles. The van der Waals surface area contributed by atoms with Gasteiger partial charge in [0.25, 0.3) is 0 Å². The zero-order valence-corrected chi connectivity index (χ0v) is 13.3. The maximum absolute atomic E-state index is 11.9. The first-order chi connectivity index (χ1) is 9.54. The Hall–Kier alpha value is -1.21. The third kappa shape index (κ3) is 5.83. The standard InChI is InChI=1S/C13H20N2O3S2/c1-15(7-5-10-4-3-8-20-10)13(18)14-11(12(16)17)6-9-19-2/h3-4,8,11H,5-7,9H2,1-2H3,(H,14,18)(H,16,17)/t11-/m0/s1. The lowest BCUT2D eigenvalue weighted by atomic mass is 10.2. The summed E-state index contributed by atoms with van der Waals surface area (Å²) in [6.07, 6.45) is 3.12. The Morgan fingerprint density at radius 1 is 1.55 bits per heavy atom. The Kier molecular flexibility index (Phi) is 7.46. The van der Waals surface area contributed by atoms with Crippen LogP contribution in [-0.4, -0.2) is 53.6 Å². The van der Waals surface area contributed by atoms with Gasteiger partial charge >= 0.3 is 12.0 Å². The summed E-state index contributed by atoms with van der Waals surface area (Å²) in [5.41, 5.74) is 0. The van der Waals surface area contributed by atoms with Gasteiger partial charge in [0.05, 0.1) is 0 Å². The molecule has 0 bridgehead atoms. The number of amides is 2. The minimum absolute atomic E-state index is 0.338. The smallest absolute Gasteiger partial charge is 0.326 e. The first kappa shape index (κ1) is 16.8. The van der Waals surface area contributed by atoms with E-state index >= 15 is 0 Å². The first-order valence-corrected chi connectivity index (χ1v) is 8.57. The summed E-state index contributed by atoms with van der Waals surface area (Å²) in [5, 5.41) is 13.6. The fourth-order valence-corrected chi connectivity index (χ4v) is 2.76. The fraction of sp³-hybridized carbons (Fsp3) is 0.538. The van der Waals surface area contributed by atoms with Gasteiger partial charge in [-0.05, 0) is 36.3 Å². The molecule has 7 heteroatoms. The molecule has 0 spiro atoms. The average Bonchev–Trinajstić information content (AvgIpc) is 2.93. The molecule has 5 nitrogen and oxygen atoms in total. The van der Waals surface area contributed by atoms with E-state index in [1.807, 2.05) is 23.8 Å². The largest absolute Gasteiger partial charge is 0.480 e. The third-order valence-electron chi connectivity index (χ3n) is 2.83. The highest BCUT2D eigenvalue weighted by Crippen LogP contribution is 2.09. The van der Waals surface area contributed by atoms with Gasteiger partial charge in [0, 0.05) is 18.5 Å². The van der Waals surface area contributed by atoms with Crippen LogP contribution in [0, 0.1) is 0 Å². The van der Waals surface area contributed by atoms with Crippen molar-refractivity contribution < 1.29 is 14.7 Å². The van der Waals surface area contributed by atoms with E-state index in [2.05, 4.69) is 5.32 Å². The highest BCUT2D eigenvalue weighted by molar-refractivity contribution is 7.98. The van der Waals surface area contributed by atoms with Crippen molar-refractivity contribution in [3.63, 3.8) is 0 Å². The van der Waals surface area contributed by atoms with Gasteiger partial charge in [0.2, 0.25) is 0 Å². The normalized spacial score (nSPS) is 11.9. The van der Waals surface area contributed by atoms with E-state index < -0.39 is 12.0 Å². The molecule has 0 aromatic carbocycles. The maximum atomic E-state index is 11.9. The van der Waals surface area contributed by atoms with Crippen LogP contribution < -0.4 is 5.32 Å². The van der Waals surface area contributed by atoms with Crippen LogP contribution in [0.4, 0.5) is 4.79 Å². The number of nitrogens with one attached hydrogen (secondary N) is 1. The number of thiophene rings is 1. The molecule has 1 rings (SSSR count). The molecule has 0 unspecified atom stereocenters. The minimum Gasteiger partial charge on any atom is -0.480 e. The summed E-state index contributed by atoms with van der Waals surface area (Å²) in [5.74, 6) is -0.282. The predicted octanol–water partition coefficient (Wildman–Crippen LogP) is 2.14. The van der Waals surface area contributed by atoms with Crippen LogP contribution in [0.2, 0.25) is 0 Å². The van der Waals surface area contributed by atoms with Crippen LogP contribution in [0.25, 0.3) is 0 Å². The maximum Gasteiger partial charge on any atom is 0.326 e. The van der Waals surface area contributed by atoms with Gasteiger partial charge in [-0.15, -0.1) is 11.3 Å². The molecule has 1 atom stereocenters. The second-order valence-corrected chi connectivity index (χ2v) is 6.39. The van der Waals surface area contributed by atoms with E-state index in [0.717, 1.165) is 6.42 Å². The van der Waals surface area contributed by atoms with Gasteiger partial charge in [-0.1, -0.05) is 6.07 Å². The number of nitrogens with zero attached hydrogens (tertiary/aromatic N) is 1. The van der Waals surface area contributed by atoms with Crippen molar-refractivity contribution >= 4 is 35.1 Å². The molecule has 1 heterocycles. The molecule has 0 radical (unpaired) electrons. The van der Waals surface area contributed by atoms with E-state index in [1.165, 1.54) is 9.78 Å². The zero-order chi connectivity index (χ0) is 15.0. The number of aliphatic carboxylic acids is 1. The molecule has 0 aliphatic heterocycles. The molecular weight excluding hydrogens is 296 g/mol. The van der Waals surface area contributed by atoms with Gasteiger partial charge in [0.15, 0.2) is 0 Å². The number of urea groups is 1.